The highest BCUT2D eigenvalue weighted by Gasteiger charge is 2.60. The van der Waals surface area contributed by atoms with Crippen LogP contribution in [0.2, 0.25) is 0 Å². The summed E-state index contributed by atoms with van der Waals surface area (Å²) >= 11 is 0. The quantitative estimate of drug-likeness (QED) is 0.777. The predicted molar refractivity (Wildman–Crippen MR) is 75.8 cm³/mol. The number of carbonyl (C=O) groups excluding carboxylic acids is 2. The van der Waals surface area contributed by atoms with Crippen LogP contribution in [0.3, 0.4) is 0 Å². The first-order valence-corrected chi connectivity index (χ1v) is 7.14. The van der Waals surface area contributed by atoms with Crippen LogP contribution in [0.5, 0.6) is 5.75 Å². The Balaban J connectivity index is 2.00. The van der Waals surface area contributed by atoms with Gasteiger partial charge in [0, 0.05) is 17.8 Å². The topological polar surface area (TPSA) is 43.4 Å². The summed E-state index contributed by atoms with van der Waals surface area (Å²) in [5.41, 5.74) is 0.194. The van der Waals surface area contributed by atoms with Crippen molar-refractivity contribution in [3.63, 3.8) is 0 Å². The van der Waals surface area contributed by atoms with E-state index in [1.165, 1.54) is 0 Å². The molecule has 0 amide bonds. The molecular weight excluding hydrogens is 252 g/mol. The smallest absolute Gasteiger partial charge is 0.150 e. The van der Waals surface area contributed by atoms with Gasteiger partial charge in [0.2, 0.25) is 0 Å². The minimum atomic E-state index is -0.712. The molecule has 2 aliphatic rings. The SMILES string of the molecule is COc1ccc([C@@]2(C)CC[C@]3(C)C(=O)C[C@H]2C3=O)cc1. The highest BCUT2D eigenvalue weighted by Crippen LogP contribution is 2.55. The summed E-state index contributed by atoms with van der Waals surface area (Å²) in [6, 6.07) is 7.90. The summed E-state index contributed by atoms with van der Waals surface area (Å²) < 4.78 is 5.18. The van der Waals surface area contributed by atoms with Gasteiger partial charge in [-0.3, -0.25) is 9.59 Å². The van der Waals surface area contributed by atoms with Gasteiger partial charge in [-0.2, -0.15) is 0 Å². The molecule has 3 nitrogen and oxygen atoms in total. The second-order valence-corrected chi connectivity index (χ2v) is 6.52. The molecule has 2 saturated carbocycles. The van der Waals surface area contributed by atoms with E-state index < -0.39 is 5.41 Å². The van der Waals surface area contributed by atoms with Crippen molar-refractivity contribution in [1.82, 2.24) is 0 Å². The van der Waals surface area contributed by atoms with E-state index in [1.807, 2.05) is 31.2 Å². The second-order valence-electron chi connectivity index (χ2n) is 6.52. The van der Waals surface area contributed by atoms with E-state index in [-0.39, 0.29) is 22.9 Å². The first kappa shape index (κ1) is 13.3. The zero-order valence-electron chi connectivity index (χ0n) is 12.2. The van der Waals surface area contributed by atoms with E-state index in [2.05, 4.69) is 6.92 Å². The number of ketones is 2. The molecule has 3 atom stereocenters. The summed E-state index contributed by atoms with van der Waals surface area (Å²) in [7, 11) is 1.64. The fraction of sp³-hybridized carbons (Fsp3) is 0.529. The van der Waals surface area contributed by atoms with E-state index in [4.69, 9.17) is 4.74 Å². The number of fused-ring (bicyclic) bond motifs is 2. The van der Waals surface area contributed by atoms with Crippen LogP contribution < -0.4 is 4.74 Å². The van der Waals surface area contributed by atoms with Gasteiger partial charge < -0.3 is 4.74 Å². The third kappa shape index (κ3) is 1.58. The van der Waals surface area contributed by atoms with Crippen molar-refractivity contribution in [2.75, 3.05) is 7.11 Å². The van der Waals surface area contributed by atoms with Crippen LogP contribution in [-0.2, 0) is 15.0 Å². The fourth-order valence-corrected chi connectivity index (χ4v) is 3.80. The summed E-state index contributed by atoms with van der Waals surface area (Å²) in [6.07, 6.45) is 1.96. The molecule has 0 heterocycles. The molecule has 3 heteroatoms. The normalized spacial score (nSPS) is 36.2. The summed E-state index contributed by atoms with van der Waals surface area (Å²) in [5.74, 6) is 0.922. The summed E-state index contributed by atoms with van der Waals surface area (Å²) in [5, 5.41) is 0. The average molecular weight is 272 g/mol. The van der Waals surface area contributed by atoms with Crippen molar-refractivity contribution in [1.29, 1.82) is 0 Å². The number of ether oxygens (including phenoxy) is 1. The summed E-state index contributed by atoms with van der Waals surface area (Å²) in [4.78, 5) is 24.8. The zero-order valence-corrected chi connectivity index (χ0v) is 12.2. The Morgan fingerprint density at radius 3 is 2.35 bits per heavy atom. The Hall–Kier alpha value is -1.64. The van der Waals surface area contributed by atoms with Crippen molar-refractivity contribution < 1.29 is 14.3 Å². The lowest BCUT2D eigenvalue weighted by molar-refractivity contribution is -0.138. The molecule has 1 aromatic carbocycles. The molecule has 0 aromatic heterocycles. The van der Waals surface area contributed by atoms with Crippen molar-refractivity contribution >= 4 is 11.6 Å². The lowest BCUT2D eigenvalue weighted by atomic mass is 9.60. The van der Waals surface area contributed by atoms with Crippen LogP contribution in [-0.4, -0.2) is 18.7 Å². The number of rotatable bonds is 2. The van der Waals surface area contributed by atoms with Gasteiger partial charge >= 0.3 is 0 Å². The largest absolute Gasteiger partial charge is 0.497 e. The van der Waals surface area contributed by atoms with Crippen LogP contribution >= 0.6 is 0 Å². The maximum atomic E-state index is 12.6. The zero-order chi connectivity index (χ0) is 14.5. The molecule has 0 radical (unpaired) electrons. The first-order valence-electron chi connectivity index (χ1n) is 7.14. The minimum absolute atomic E-state index is 0.129. The molecule has 20 heavy (non-hydrogen) atoms. The highest BCUT2D eigenvalue weighted by molar-refractivity contribution is 6.15. The molecule has 106 valence electrons. The summed E-state index contributed by atoms with van der Waals surface area (Å²) in [6.45, 7) is 3.95. The minimum Gasteiger partial charge on any atom is -0.497 e. The Bertz CT molecular complexity index is 574. The molecule has 0 aliphatic heterocycles. The number of hydrogen-bond acceptors (Lipinski definition) is 3. The molecule has 0 N–H and O–H groups in total. The highest BCUT2D eigenvalue weighted by atomic mass is 16.5. The standard InChI is InChI=1S/C17H20O3/c1-16(11-4-6-12(20-3)7-5-11)8-9-17(2)14(18)10-13(16)15(17)19/h4-7,13H,8-10H2,1-3H3/t13-,16+,17+/m0/s1. The van der Waals surface area contributed by atoms with Crippen LogP contribution in [0.4, 0.5) is 0 Å². The lowest BCUT2D eigenvalue weighted by Crippen LogP contribution is -2.44. The van der Waals surface area contributed by atoms with E-state index in [9.17, 15) is 9.59 Å². The molecule has 2 bridgehead atoms. The van der Waals surface area contributed by atoms with Gasteiger partial charge in [0.1, 0.15) is 11.5 Å². The van der Waals surface area contributed by atoms with E-state index in [0.29, 0.717) is 12.8 Å². The average Bonchev–Trinajstić information content (AvgIpc) is 2.62. The Kier molecular flexibility index (Phi) is 2.79. The molecule has 0 saturated heterocycles. The predicted octanol–water partition coefficient (Wildman–Crippen LogP) is 2.91. The lowest BCUT2D eigenvalue weighted by Gasteiger charge is -2.41. The van der Waals surface area contributed by atoms with Gasteiger partial charge in [-0.1, -0.05) is 19.1 Å². The van der Waals surface area contributed by atoms with E-state index in [1.54, 1.807) is 7.11 Å². The van der Waals surface area contributed by atoms with Crippen LogP contribution in [0.25, 0.3) is 0 Å². The van der Waals surface area contributed by atoms with Gasteiger partial charge in [0.25, 0.3) is 0 Å². The number of carbonyl (C=O) groups is 2. The van der Waals surface area contributed by atoms with Crippen LogP contribution in [0.15, 0.2) is 24.3 Å². The maximum Gasteiger partial charge on any atom is 0.150 e. The monoisotopic (exact) mass is 272 g/mol. The number of hydrogen-bond donors (Lipinski definition) is 0. The Morgan fingerprint density at radius 2 is 1.75 bits per heavy atom. The third-order valence-electron chi connectivity index (χ3n) is 5.53. The molecule has 2 aliphatic carbocycles. The number of Topliss-reactive ketones (excluding diaryl/α,β-unsaturated/α-hetero) is 2. The van der Waals surface area contributed by atoms with Gasteiger partial charge in [-0.05, 0) is 37.5 Å². The number of methoxy groups -OCH3 is 1. The van der Waals surface area contributed by atoms with Gasteiger partial charge in [-0.15, -0.1) is 0 Å². The van der Waals surface area contributed by atoms with E-state index >= 15 is 0 Å². The molecule has 2 fully saturated rings. The fourth-order valence-electron chi connectivity index (χ4n) is 3.80. The molecule has 0 unspecified atom stereocenters. The Labute approximate surface area is 119 Å². The van der Waals surface area contributed by atoms with Crippen molar-refractivity contribution in [2.45, 2.75) is 38.5 Å². The van der Waals surface area contributed by atoms with Crippen molar-refractivity contribution in [2.24, 2.45) is 11.3 Å². The number of benzene rings is 1. The molecular formula is C17H20O3. The first-order chi connectivity index (χ1) is 9.41. The van der Waals surface area contributed by atoms with Crippen molar-refractivity contribution in [3.8, 4) is 5.75 Å². The third-order valence-corrected chi connectivity index (χ3v) is 5.53. The van der Waals surface area contributed by atoms with Crippen LogP contribution in [0.1, 0.15) is 38.7 Å². The van der Waals surface area contributed by atoms with Crippen molar-refractivity contribution in [3.05, 3.63) is 29.8 Å². The van der Waals surface area contributed by atoms with Gasteiger partial charge in [0.15, 0.2) is 5.78 Å². The van der Waals surface area contributed by atoms with Gasteiger partial charge in [-0.25, -0.2) is 0 Å². The molecule has 1 aromatic rings. The maximum absolute atomic E-state index is 12.6. The molecule has 3 rings (SSSR count). The van der Waals surface area contributed by atoms with E-state index in [0.717, 1.165) is 17.7 Å². The Morgan fingerprint density at radius 1 is 1.10 bits per heavy atom. The molecule has 0 spiro atoms. The van der Waals surface area contributed by atoms with Crippen LogP contribution in [0, 0.1) is 11.3 Å². The second kappa shape index (κ2) is 4.18. The van der Waals surface area contributed by atoms with Gasteiger partial charge in [0.05, 0.1) is 12.5 Å².